The minimum atomic E-state index is -0.461. The number of ether oxygens (including phenoxy) is 2. The van der Waals surface area contributed by atoms with Crippen LogP contribution in [0.2, 0.25) is 5.02 Å². The zero-order valence-corrected chi connectivity index (χ0v) is 23.3. The highest BCUT2D eigenvalue weighted by atomic mass is 35.5. The van der Waals surface area contributed by atoms with Crippen molar-refractivity contribution in [2.75, 3.05) is 18.2 Å². The Bertz CT molecular complexity index is 1270. The zero-order chi connectivity index (χ0) is 26.4. The smallest absolute Gasteiger partial charge is 0.341 e. The van der Waals surface area contributed by atoms with Crippen molar-refractivity contribution in [3.8, 4) is 5.75 Å². The minimum Gasteiger partial charge on any atom is -0.481 e. The molecule has 0 bridgehead atoms. The fraction of sp³-hybridized carbons (Fsp3) is 0.360. The van der Waals surface area contributed by atoms with E-state index in [1.54, 1.807) is 12.1 Å². The number of benzene rings is 1. The maximum Gasteiger partial charge on any atom is 0.341 e. The molecular formula is C25H29ClN4O4S2. The molecule has 0 saturated carbocycles. The van der Waals surface area contributed by atoms with Crippen molar-refractivity contribution in [3.63, 3.8) is 0 Å². The molecule has 1 amide bonds. The molecule has 8 nitrogen and oxygen atoms in total. The third kappa shape index (κ3) is 6.29. The van der Waals surface area contributed by atoms with Crippen LogP contribution >= 0.6 is 34.7 Å². The van der Waals surface area contributed by atoms with Gasteiger partial charge >= 0.3 is 5.97 Å². The van der Waals surface area contributed by atoms with E-state index in [4.69, 9.17) is 21.1 Å². The van der Waals surface area contributed by atoms with Gasteiger partial charge in [-0.15, -0.1) is 28.1 Å². The van der Waals surface area contributed by atoms with Crippen LogP contribution in [0.15, 0.2) is 36.0 Å². The predicted octanol–water partition coefficient (Wildman–Crippen LogP) is 6.02. The summed E-state index contributed by atoms with van der Waals surface area (Å²) in [6, 6.07) is 5.57. The Labute approximate surface area is 224 Å². The standard InChI is InChI=1S/C25H29ClN4O4S2/c1-7-11-30-22(15(4)34-19-12-14(3)9-10-18(19)26)28-29-25(30)35-13-20(31)27-23-21(24(32)33-6)17(8-2)16(5)36-23/h7,9-10,12,15H,1,8,11,13H2,2-6H3,(H,27,31). The Morgan fingerprint density at radius 2 is 2.08 bits per heavy atom. The lowest BCUT2D eigenvalue weighted by Crippen LogP contribution is -2.17. The van der Waals surface area contributed by atoms with Crippen molar-refractivity contribution in [3.05, 3.63) is 63.3 Å². The number of nitrogens with zero attached hydrogens (tertiary/aromatic N) is 3. The summed E-state index contributed by atoms with van der Waals surface area (Å²) >= 11 is 8.89. The maximum absolute atomic E-state index is 12.8. The van der Waals surface area contributed by atoms with Gasteiger partial charge in [0.1, 0.15) is 10.8 Å². The van der Waals surface area contributed by atoms with Crippen molar-refractivity contribution < 1.29 is 19.1 Å². The molecule has 11 heteroatoms. The number of halogens is 1. The van der Waals surface area contributed by atoms with Gasteiger partial charge in [-0.05, 0) is 50.5 Å². The average molecular weight is 549 g/mol. The second-order valence-corrected chi connectivity index (χ2v) is 10.5. The van der Waals surface area contributed by atoms with Gasteiger partial charge in [0.2, 0.25) is 5.91 Å². The Morgan fingerprint density at radius 1 is 1.33 bits per heavy atom. The molecule has 3 aromatic rings. The van der Waals surface area contributed by atoms with Crippen LogP contribution in [0.1, 0.15) is 52.1 Å². The van der Waals surface area contributed by atoms with Crippen LogP contribution in [0.5, 0.6) is 5.75 Å². The van der Waals surface area contributed by atoms with Crippen LogP contribution < -0.4 is 10.1 Å². The summed E-state index contributed by atoms with van der Waals surface area (Å²) in [6.07, 6.45) is 1.95. The SMILES string of the molecule is C=CCn1c(SCC(=O)Nc2sc(C)c(CC)c2C(=O)OC)nnc1C(C)Oc1cc(C)ccc1Cl. The summed E-state index contributed by atoms with van der Waals surface area (Å²) in [7, 11) is 1.33. The first-order chi connectivity index (χ1) is 17.2. The number of thioether (sulfide) groups is 1. The lowest BCUT2D eigenvalue weighted by atomic mass is 10.1. The number of esters is 1. The molecule has 192 valence electrons. The second kappa shape index (κ2) is 12.4. The van der Waals surface area contributed by atoms with Crippen LogP contribution in [-0.2, 0) is 22.5 Å². The summed E-state index contributed by atoms with van der Waals surface area (Å²) in [6.45, 7) is 12.0. The number of amides is 1. The lowest BCUT2D eigenvalue weighted by Gasteiger charge is -2.17. The molecule has 0 saturated heterocycles. The van der Waals surface area contributed by atoms with E-state index in [9.17, 15) is 9.59 Å². The number of thiophene rings is 1. The van der Waals surface area contributed by atoms with Crippen molar-refractivity contribution >= 4 is 51.6 Å². The number of anilines is 1. The maximum atomic E-state index is 12.8. The molecule has 2 aromatic heterocycles. The molecule has 2 heterocycles. The van der Waals surface area contributed by atoms with Crippen LogP contribution in [0.4, 0.5) is 5.00 Å². The molecule has 0 fully saturated rings. The molecule has 1 N–H and O–H groups in total. The summed E-state index contributed by atoms with van der Waals surface area (Å²) in [4.78, 5) is 26.1. The predicted molar refractivity (Wildman–Crippen MR) is 145 cm³/mol. The number of carbonyl (C=O) groups excluding carboxylic acids is 2. The number of rotatable bonds is 11. The first-order valence-corrected chi connectivity index (χ1v) is 13.5. The van der Waals surface area contributed by atoms with Crippen molar-refractivity contribution in [2.45, 2.75) is 51.9 Å². The van der Waals surface area contributed by atoms with E-state index in [0.29, 0.717) is 45.3 Å². The van der Waals surface area contributed by atoms with Gasteiger partial charge in [0.05, 0.1) is 23.4 Å². The van der Waals surface area contributed by atoms with E-state index in [2.05, 4.69) is 22.1 Å². The molecular weight excluding hydrogens is 520 g/mol. The highest BCUT2D eigenvalue weighted by molar-refractivity contribution is 7.99. The third-order valence-corrected chi connectivity index (χ3v) is 7.69. The number of aryl methyl sites for hydroxylation is 2. The zero-order valence-electron chi connectivity index (χ0n) is 20.9. The first kappa shape index (κ1) is 27.8. The largest absolute Gasteiger partial charge is 0.481 e. The monoisotopic (exact) mass is 548 g/mol. The van der Waals surface area contributed by atoms with Crippen LogP contribution in [0.25, 0.3) is 0 Å². The number of nitrogens with one attached hydrogen (secondary N) is 1. The Hall–Kier alpha value is -2.82. The molecule has 36 heavy (non-hydrogen) atoms. The molecule has 0 spiro atoms. The topological polar surface area (TPSA) is 95.3 Å². The Morgan fingerprint density at radius 3 is 2.75 bits per heavy atom. The van der Waals surface area contributed by atoms with Crippen LogP contribution in [0, 0.1) is 13.8 Å². The molecule has 0 aliphatic heterocycles. The number of carbonyl (C=O) groups is 2. The van der Waals surface area contributed by atoms with Gasteiger partial charge in [-0.1, -0.05) is 42.4 Å². The highest BCUT2D eigenvalue weighted by Gasteiger charge is 2.24. The van der Waals surface area contributed by atoms with Crippen molar-refractivity contribution in [1.29, 1.82) is 0 Å². The fourth-order valence-electron chi connectivity index (χ4n) is 3.66. The average Bonchev–Trinajstić information content (AvgIpc) is 3.39. The molecule has 1 atom stereocenters. The van der Waals surface area contributed by atoms with E-state index in [1.807, 2.05) is 44.4 Å². The molecule has 0 radical (unpaired) electrons. The van der Waals surface area contributed by atoms with E-state index in [1.165, 1.54) is 30.2 Å². The minimum absolute atomic E-state index is 0.0766. The number of hydrogen-bond donors (Lipinski definition) is 1. The van der Waals surface area contributed by atoms with Gasteiger partial charge in [0, 0.05) is 11.4 Å². The van der Waals surface area contributed by atoms with Crippen LogP contribution in [-0.4, -0.2) is 39.5 Å². The highest BCUT2D eigenvalue weighted by Crippen LogP contribution is 2.34. The summed E-state index contributed by atoms with van der Waals surface area (Å²) in [5, 5.41) is 13.0. The van der Waals surface area contributed by atoms with Gasteiger partial charge in [-0.3, -0.25) is 9.36 Å². The summed E-state index contributed by atoms with van der Waals surface area (Å²) in [5.74, 6) is 0.499. The van der Waals surface area contributed by atoms with Gasteiger partial charge < -0.3 is 14.8 Å². The summed E-state index contributed by atoms with van der Waals surface area (Å²) < 4.78 is 12.8. The number of methoxy groups -OCH3 is 1. The number of hydrogen-bond acceptors (Lipinski definition) is 8. The van der Waals surface area contributed by atoms with Crippen molar-refractivity contribution in [1.82, 2.24) is 14.8 Å². The molecule has 1 aromatic carbocycles. The van der Waals surface area contributed by atoms with Crippen LogP contribution in [0.3, 0.4) is 0 Å². The first-order valence-electron chi connectivity index (χ1n) is 11.3. The quantitative estimate of drug-likeness (QED) is 0.178. The van der Waals surface area contributed by atoms with Gasteiger partial charge in [0.15, 0.2) is 17.1 Å². The molecule has 3 rings (SSSR count). The molecule has 0 aliphatic carbocycles. The molecule has 1 unspecified atom stereocenters. The Kier molecular flexibility index (Phi) is 9.58. The van der Waals surface area contributed by atoms with Gasteiger partial charge in [-0.25, -0.2) is 4.79 Å². The van der Waals surface area contributed by atoms with E-state index in [-0.39, 0.29) is 11.7 Å². The van der Waals surface area contributed by atoms with E-state index < -0.39 is 12.1 Å². The van der Waals surface area contributed by atoms with Crippen molar-refractivity contribution in [2.24, 2.45) is 0 Å². The second-order valence-electron chi connectivity index (χ2n) is 7.96. The van der Waals surface area contributed by atoms with E-state index in [0.717, 1.165) is 16.0 Å². The lowest BCUT2D eigenvalue weighted by molar-refractivity contribution is -0.113. The van der Waals surface area contributed by atoms with E-state index >= 15 is 0 Å². The molecule has 0 aliphatic rings. The Balaban J connectivity index is 1.74. The van der Waals surface area contributed by atoms with Gasteiger partial charge in [0.25, 0.3) is 0 Å². The fourth-order valence-corrected chi connectivity index (χ4v) is 5.72. The number of aromatic nitrogens is 3. The normalized spacial score (nSPS) is 11.7. The van der Waals surface area contributed by atoms with Gasteiger partial charge in [-0.2, -0.15) is 0 Å². The summed E-state index contributed by atoms with van der Waals surface area (Å²) in [5.41, 5.74) is 2.32. The third-order valence-electron chi connectivity index (χ3n) is 5.35. The number of allylic oxidation sites excluding steroid dienone is 1.